The molecule has 0 spiro atoms. The van der Waals surface area contributed by atoms with Gasteiger partial charge in [0.15, 0.2) is 11.5 Å². The van der Waals surface area contributed by atoms with Gasteiger partial charge >= 0.3 is 0 Å². The second-order valence-corrected chi connectivity index (χ2v) is 4.38. The van der Waals surface area contributed by atoms with Crippen LogP contribution in [0.1, 0.15) is 0 Å². The summed E-state index contributed by atoms with van der Waals surface area (Å²) in [7, 11) is 0. The van der Waals surface area contributed by atoms with E-state index in [4.69, 9.17) is 4.74 Å². The van der Waals surface area contributed by atoms with Gasteiger partial charge in [-0.15, -0.1) is 0 Å². The van der Waals surface area contributed by atoms with Crippen LogP contribution < -0.4 is 10.1 Å². The molecule has 3 heteroatoms. The predicted molar refractivity (Wildman–Crippen MR) is 79.5 cm³/mol. The Labute approximate surface area is 121 Å². The Morgan fingerprint density at radius 3 is 2.47 bits per heavy atom. The molecule has 3 aromatic carbocycles. The van der Waals surface area contributed by atoms with Crippen LogP contribution in [-0.4, -0.2) is 17.1 Å². The van der Waals surface area contributed by atoms with E-state index in [0.29, 0.717) is 0 Å². The molecule has 2 nitrogen and oxygen atoms in total. The van der Waals surface area contributed by atoms with Gasteiger partial charge in [0.25, 0.3) is 0 Å². The number of anilines is 2. The Balaban J connectivity index is 0.00000110. The summed E-state index contributed by atoms with van der Waals surface area (Å²) in [6.07, 6.45) is 0. The fourth-order valence-electron chi connectivity index (χ4n) is 2.38. The monoisotopic (exact) mass is 313 g/mol. The maximum absolute atomic E-state index is 5.92. The first-order chi connectivity index (χ1) is 8.92. The summed E-state index contributed by atoms with van der Waals surface area (Å²) < 4.78 is 5.92. The van der Waals surface area contributed by atoms with Crippen LogP contribution in [0.2, 0.25) is 0 Å². The van der Waals surface area contributed by atoms with Crippen LogP contribution in [0.4, 0.5) is 11.4 Å². The van der Waals surface area contributed by atoms with Crippen molar-refractivity contribution in [1.29, 1.82) is 0 Å². The van der Waals surface area contributed by atoms with Crippen molar-refractivity contribution in [3.63, 3.8) is 0 Å². The van der Waals surface area contributed by atoms with Crippen molar-refractivity contribution in [2.75, 3.05) is 5.32 Å². The van der Waals surface area contributed by atoms with Crippen LogP contribution in [0.3, 0.4) is 0 Å². The van der Waals surface area contributed by atoms with Crippen LogP contribution in [-0.2, 0) is 0 Å². The number of para-hydroxylation sites is 2. The van der Waals surface area contributed by atoms with Gasteiger partial charge in [0, 0.05) is 22.5 Å². The van der Waals surface area contributed by atoms with Crippen LogP contribution >= 0.6 is 0 Å². The predicted octanol–water partition coefficient (Wildman–Crippen LogP) is 4.31. The summed E-state index contributed by atoms with van der Waals surface area (Å²) in [5, 5.41) is 5.86. The van der Waals surface area contributed by atoms with E-state index < -0.39 is 0 Å². The van der Waals surface area contributed by atoms with E-state index in [9.17, 15) is 0 Å². The topological polar surface area (TPSA) is 21.3 Å². The van der Waals surface area contributed by atoms with Gasteiger partial charge < -0.3 is 10.1 Å². The molecule has 1 heterocycles. The fraction of sp³-hybridized carbons (Fsp3) is 0. The molecule has 1 aliphatic rings. The molecule has 4 rings (SSSR count). The van der Waals surface area contributed by atoms with Crippen LogP contribution in [0.5, 0.6) is 11.5 Å². The van der Waals surface area contributed by atoms with Crippen LogP contribution in [0, 0.1) is 0 Å². The number of hydrogen-bond acceptors (Lipinski definition) is 2. The molecule has 0 atom stereocenters. The molecule has 2 radical (unpaired) electrons. The molecule has 1 N–H and O–H groups in total. The number of benzene rings is 3. The average Bonchev–Trinajstić information content (AvgIpc) is 2.45. The Bertz CT molecular complexity index is 755. The molecule has 3 aromatic rings. The summed E-state index contributed by atoms with van der Waals surface area (Å²) in [6, 6.07) is 20.4. The summed E-state index contributed by atoms with van der Waals surface area (Å²) in [4.78, 5) is 0. The first-order valence-electron chi connectivity index (χ1n) is 5.97. The Morgan fingerprint density at radius 1 is 0.737 bits per heavy atom. The maximum Gasteiger partial charge on any atom is 0.151 e. The van der Waals surface area contributed by atoms with E-state index in [1.807, 2.05) is 42.5 Å². The van der Waals surface area contributed by atoms with Gasteiger partial charge in [-0.2, -0.15) is 0 Å². The van der Waals surface area contributed by atoms with Crippen molar-refractivity contribution >= 4 is 39.2 Å². The van der Waals surface area contributed by atoms with Gasteiger partial charge in [0.1, 0.15) is 0 Å². The molecule has 0 bridgehead atoms. The summed E-state index contributed by atoms with van der Waals surface area (Å²) in [6.45, 7) is 0. The molecule has 0 saturated heterocycles. The molecule has 92 valence electrons. The van der Waals surface area contributed by atoms with Gasteiger partial charge in [0.2, 0.25) is 0 Å². The largest absolute Gasteiger partial charge is 0.453 e. The van der Waals surface area contributed by atoms with Crippen molar-refractivity contribution in [2.24, 2.45) is 0 Å². The minimum Gasteiger partial charge on any atom is -0.453 e. The maximum atomic E-state index is 5.92. The minimum atomic E-state index is 0. The van der Waals surface area contributed by atoms with Gasteiger partial charge in [-0.3, -0.25) is 0 Å². The Morgan fingerprint density at radius 2 is 1.53 bits per heavy atom. The number of rotatable bonds is 0. The second kappa shape index (κ2) is 4.61. The third kappa shape index (κ3) is 1.88. The zero-order valence-electron chi connectivity index (χ0n) is 10.1. The Kier molecular flexibility index (Phi) is 2.94. The van der Waals surface area contributed by atoms with Crippen molar-refractivity contribution in [2.45, 2.75) is 0 Å². The quantitative estimate of drug-likeness (QED) is 0.489. The molecule has 0 aliphatic carbocycles. The molecule has 1 aliphatic heterocycles. The van der Waals surface area contributed by atoms with E-state index in [0.717, 1.165) is 22.9 Å². The molecule has 0 unspecified atom stereocenters. The van der Waals surface area contributed by atoms with E-state index >= 15 is 0 Å². The summed E-state index contributed by atoms with van der Waals surface area (Å²) in [5.41, 5.74) is 2.06. The minimum absolute atomic E-state index is 0. The molecule has 0 saturated carbocycles. The number of ether oxygens (including phenoxy) is 1. The zero-order valence-corrected chi connectivity index (χ0v) is 11.8. The third-order valence-corrected chi connectivity index (χ3v) is 3.26. The third-order valence-electron chi connectivity index (χ3n) is 3.26. The standard InChI is InChI=1S/C16H11NO.Se/c1-2-6-12-11(5-1)9-10-15-16(12)17-13-7-3-4-8-14(13)18-15;/h1-10,17H;. The van der Waals surface area contributed by atoms with E-state index in [1.54, 1.807) is 0 Å². The van der Waals surface area contributed by atoms with Crippen molar-refractivity contribution < 1.29 is 4.74 Å². The SMILES string of the molecule is [Se].c1ccc2c(c1)Nc1c(ccc3ccccc13)O2. The number of fused-ring (bicyclic) bond motifs is 4. The van der Waals surface area contributed by atoms with E-state index in [-0.39, 0.29) is 17.1 Å². The molecular weight excluding hydrogens is 301 g/mol. The van der Waals surface area contributed by atoms with Gasteiger partial charge in [-0.05, 0) is 23.6 Å². The molecule has 0 fully saturated rings. The van der Waals surface area contributed by atoms with Gasteiger partial charge in [-0.1, -0.05) is 42.5 Å². The summed E-state index contributed by atoms with van der Waals surface area (Å²) >= 11 is 0. The fourth-order valence-corrected chi connectivity index (χ4v) is 2.38. The average molecular weight is 312 g/mol. The van der Waals surface area contributed by atoms with Gasteiger partial charge in [0.05, 0.1) is 11.4 Å². The number of hydrogen-bond donors (Lipinski definition) is 1. The van der Waals surface area contributed by atoms with Crippen LogP contribution in [0.25, 0.3) is 10.8 Å². The van der Waals surface area contributed by atoms with Crippen molar-refractivity contribution in [3.05, 3.63) is 60.7 Å². The van der Waals surface area contributed by atoms with E-state index in [1.165, 1.54) is 10.8 Å². The molecular formula is C16H11NOSe. The van der Waals surface area contributed by atoms with Crippen LogP contribution in [0.15, 0.2) is 60.7 Å². The Hall–Kier alpha value is -1.96. The molecule has 0 aromatic heterocycles. The van der Waals surface area contributed by atoms with Crippen molar-refractivity contribution in [1.82, 2.24) is 0 Å². The number of nitrogens with one attached hydrogen (secondary N) is 1. The first kappa shape index (κ1) is 12.1. The van der Waals surface area contributed by atoms with Crippen molar-refractivity contribution in [3.8, 4) is 11.5 Å². The summed E-state index contributed by atoms with van der Waals surface area (Å²) in [5.74, 6) is 1.76. The second-order valence-electron chi connectivity index (χ2n) is 4.38. The zero-order chi connectivity index (χ0) is 11.9. The van der Waals surface area contributed by atoms with Gasteiger partial charge in [-0.25, -0.2) is 0 Å². The smallest absolute Gasteiger partial charge is 0.151 e. The molecule has 0 amide bonds. The normalized spacial score (nSPS) is 11.6. The van der Waals surface area contributed by atoms with E-state index in [2.05, 4.69) is 23.5 Å². The molecule has 19 heavy (non-hydrogen) atoms. The first-order valence-corrected chi connectivity index (χ1v) is 5.97.